The van der Waals surface area contributed by atoms with Crippen LogP contribution in [0.3, 0.4) is 0 Å². The van der Waals surface area contributed by atoms with E-state index < -0.39 is 0 Å². The Hall–Kier alpha value is -7.25. The molecule has 0 saturated heterocycles. The van der Waals surface area contributed by atoms with Gasteiger partial charge in [-0.05, 0) is 17.7 Å². The number of fused-ring (bicyclic) bond motifs is 2. The quantitative estimate of drug-likeness (QED) is 0.0775. The molecule has 8 N–H and O–H groups in total. The standard InChI is InChI=1S/C33H35N15O5/c34-30-28-32(41-16-39-30)47(18-43-28)13-9-22(49)36-11-7-24(51)45-21-3-1-20(2-4-21)15-38-26-5-6-27(53-26)46-25(52)8-12-37-23(50)10-14-48-19-44-29-31(35)40-17-42-33(29)48/h1-6,15-19H,7-14H2,(H,36,49)(H,37,50)(H,45,51)(H,46,52)(H2,34,39,41)(H2,35,40,42)/b38-15+. The monoisotopic (exact) mass is 721 g/mol. The fourth-order valence-electron chi connectivity index (χ4n) is 5.05. The number of amides is 4. The second-order valence-corrected chi connectivity index (χ2v) is 11.6. The van der Waals surface area contributed by atoms with Gasteiger partial charge in [-0.3, -0.25) is 24.5 Å². The molecule has 0 fully saturated rings. The number of benzene rings is 1. The highest BCUT2D eigenvalue weighted by molar-refractivity contribution is 5.92. The van der Waals surface area contributed by atoms with Crippen molar-refractivity contribution in [1.29, 1.82) is 0 Å². The van der Waals surface area contributed by atoms with Gasteiger partial charge in [-0.1, -0.05) is 12.1 Å². The molecule has 6 rings (SSSR count). The lowest BCUT2D eigenvalue weighted by molar-refractivity contribution is -0.122. The first-order chi connectivity index (χ1) is 25.7. The molecule has 4 amide bonds. The average molecular weight is 722 g/mol. The van der Waals surface area contributed by atoms with E-state index in [4.69, 9.17) is 15.9 Å². The first-order valence-electron chi connectivity index (χ1n) is 16.4. The zero-order chi connectivity index (χ0) is 37.2. The third kappa shape index (κ3) is 9.51. The Morgan fingerprint density at radius 2 is 1.21 bits per heavy atom. The van der Waals surface area contributed by atoms with E-state index in [9.17, 15) is 19.2 Å². The van der Waals surface area contributed by atoms with Crippen molar-refractivity contribution in [2.45, 2.75) is 38.8 Å². The molecule has 5 aromatic heterocycles. The number of rotatable bonds is 16. The zero-order valence-corrected chi connectivity index (χ0v) is 28.2. The lowest BCUT2D eigenvalue weighted by Crippen LogP contribution is -2.28. The third-order valence-electron chi connectivity index (χ3n) is 7.76. The van der Waals surface area contributed by atoms with Gasteiger partial charge in [-0.15, -0.1) is 0 Å². The third-order valence-corrected chi connectivity index (χ3v) is 7.76. The van der Waals surface area contributed by atoms with Crippen molar-refractivity contribution in [2.24, 2.45) is 4.99 Å². The number of imidazole rings is 2. The minimum atomic E-state index is -0.343. The maximum absolute atomic E-state index is 12.4. The number of aryl methyl sites for hydroxylation is 2. The van der Waals surface area contributed by atoms with Crippen molar-refractivity contribution in [1.82, 2.24) is 49.7 Å². The number of nitrogens with zero attached hydrogens (tertiary/aromatic N) is 9. The first-order valence-corrected chi connectivity index (χ1v) is 16.4. The number of nitrogens with two attached hydrogens (primary N) is 2. The van der Waals surface area contributed by atoms with Crippen molar-refractivity contribution in [2.75, 3.05) is 35.2 Å². The molecule has 1 aromatic carbocycles. The van der Waals surface area contributed by atoms with Crippen LogP contribution < -0.4 is 32.7 Å². The predicted molar refractivity (Wildman–Crippen MR) is 194 cm³/mol. The normalized spacial score (nSPS) is 11.2. The second kappa shape index (κ2) is 16.6. The molecule has 0 aliphatic rings. The Bertz CT molecular complexity index is 2280. The second-order valence-electron chi connectivity index (χ2n) is 11.6. The van der Waals surface area contributed by atoms with Gasteiger partial charge < -0.3 is 41.0 Å². The summed E-state index contributed by atoms with van der Waals surface area (Å²) in [6.45, 7) is 1.01. The fraction of sp³-hybridized carbons (Fsp3) is 0.242. The summed E-state index contributed by atoms with van der Waals surface area (Å²) in [7, 11) is 0. The molecule has 6 aromatic rings. The van der Waals surface area contributed by atoms with Crippen molar-refractivity contribution in [3.05, 3.63) is 67.3 Å². The molecular weight excluding hydrogens is 686 g/mol. The van der Waals surface area contributed by atoms with Crippen molar-refractivity contribution in [3.63, 3.8) is 0 Å². The van der Waals surface area contributed by atoms with Gasteiger partial charge in [0.15, 0.2) is 22.9 Å². The summed E-state index contributed by atoms with van der Waals surface area (Å²) < 4.78 is 9.00. The SMILES string of the molecule is Nc1ncnc2c1ncn2CCC(=O)NCCC(=O)Nc1ccc(/C=N/c2ccc(NC(=O)CCNC(=O)CCn3cnc4c(N)ncnc43)o2)cc1. The van der Waals surface area contributed by atoms with E-state index in [0.29, 0.717) is 41.1 Å². The summed E-state index contributed by atoms with van der Waals surface area (Å²) in [4.78, 5) is 78.0. The van der Waals surface area contributed by atoms with Crippen LogP contribution in [0, 0.1) is 0 Å². The molecule has 0 bridgehead atoms. The maximum atomic E-state index is 12.4. The molecule has 20 nitrogen and oxygen atoms in total. The topological polar surface area (TPSA) is 281 Å². The number of carbonyl (C=O) groups is 4. The minimum Gasteiger partial charge on any atom is -0.423 e. The van der Waals surface area contributed by atoms with Gasteiger partial charge in [0.1, 0.15) is 23.7 Å². The molecule has 272 valence electrons. The van der Waals surface area contributed by atoms with Gasteiger partial charge in [0.05, 0.1) is 12.7 Å². The first kappa shape index (κ1) is 35.6. The summed E-state index contributed by atoms with van der Waals surface area (Å²) in [5.41, 5.74) is 15.0. The molecule has 0 atom stereocenters. The molecule has 0 aliphatic carbocycles. The molecule has 5 heterocycles. The highest BCUT2D eigenvalue weighted by atomic mass is 16.4. The highest BCUT2D eigenvalue weighted by Gasteiger charge is 2.12. The molecule has 0 aliphatic heterocycles. The number of hydrogen-bond donors (Lipinski definition) is 6. The average Bonchev–Trinajstić information content (AvgIpc) is 3.89. The molecular formula is C33H35N15O5. The number of anilines is 4. The van der Waals surface area contributed by atoms with Gasteiger partial charge in [0, 0.05) is 75.9 Å². The minimum absolute atomic E-state index is 0.0398. The number of hydrogen-bond acceptors (Lipinski definition) is 14. The summed E-state index contributed by atoms with van der Waals surface area (Å²) >= 11 is 0. The Morgan fingerprint density at radius 1 is 0.660 bits per heavy atom. The molecule has 0 unspecified atom stereocenters. The van der Waals surface area contributed by atoms with Crippen molar-refractivity contribution in [3.8, 4) is 0 Å². The van der Waals surface area contributed by atoms with Crippen LogP contribution in [0.5, 0.6) is 0 Å². The van der Waals surface area contributed by atoms with E-state index in [2.05, 4.69) is 56.2 Å². The van der Waals surface area contributed by atoms with Crippen LogP contribution in [-0.2, 0) is 32.3 Å². The lowest BCUT2D eigenvalue weighted by Gasteiger charge is -2.08. The number of aromatic nitrogens is 8. The predicted octanol–water partition coefficient (Wildman–Crippen LogP) is 1.54. The van der Waals surface area contributed by atoms with Crippen LogP contribution in [0.15, 0.2) is 71.1 Å². The summed E-state index contributed by atoms with van der Waals surface area (Å²) in [5.74, 6) is -0.0245. The molecule has 0 spiro atoms. The zero-order valence-electron chi connectivity index (χ0n) is 28.2. The van der Waals surface area contributed by atoms with E-state index in [1.54, 1.807) is 64.4 Å². The van der Waals surface area contributed by atoms with E-state index in [1.807, 2.05) is 0 Å². The number of carbonyl (C=O) groups excluding carboxylic acids is 4. The number of nitrogen functional groups attached to an aromatic ring is 2. The summed E-state index contributed by atoms with van der Waals surface area (Å²) in [5, 5.41) is 10.9. The Balaban J connectivity index is 0.850. The molecule has 20 heteroatoms. The van der Waals surface area contributed by atoms with Crippen LogP contribution >= 0.6 is 0 Å². The Labute approximate surface area is 300 Å². The van der Waals surface area contributed by atoms with Gasteiger partial charge in [-0.2, -0.15) is 0 Å². The van der Waals surface area contributed by atoms with Gasteiger partial charge in [0.25, 0.3) is 0 Å². The Morgan fingerprint density at radius 3 is 1.77 bits per heavy atom. The van der Waals surface area contributed by atoms with Crippen LogP contribution in [0.2, 0.25) is 0 Å². The molecule has 53 heavy (non-hydrogen) atoms. The number of furan rings is 1. The van der Waals surface area contributed by atoms with E-state index in [-0.39, 0.29) is 85.8 Å². The van der Waals surface area contributed by atoms with Crippen molar-refractivity contribution < 1.29 is 23.6 Å². The maximum Gasteiger partial charge on any atom is 0.228 e. The largest absolute Gasteiger partial charge is 0.423 e. The summed E-state index contributed by atoms with van der Waals surface area (Å²) in [6, 6.07) is 10.2. The number of aliphatic imine (C=N–C) groups is 1. The van der Waals surface area contributed by atoms with Gasteiger partial charge >= 0.3 is 0 Å². The lowest BCUT2D eigenvalue weighted by atomic mass is 10.2. The number of nitrogens with one attached hydrogen (secondary N) is 4. The fourth-order valence-corrected chi connectivity index (χ4v) is 5.05. The molecule has 0 saturated carbocycles. The highest BCUT2D eigenvalue weighted by Crippen LogP contribution is 2.21. The smallest absolute Gasteiger partial charge is 0.228 e. The van der Waals surface area contributed by atoms with Crippen LogP contribution in [0.1, 0.15) is 31.2 Å². The van der Waals surface area contributed by atoms with E-state index in [0.717, 1.165) is 5.56 Å². The van der Waals surface area contributed by atoms with E-state index >= 15 is 0 Å². The van der Waals surface area contributed by atoms with Gasteiger partial charge in [-0.25, -0.2) is 34.9 Å². The van der Waals surface area contributed by atoms with Crippen molar-refractivity contribution >= 4 is 81.3 Å². The molecule has 0 radical (unpaired) electrons. The summed E-state index contributed by atoms with van der Waals surface area (Å²) in [6.07, 6.45) is 7.83. The van der Waals surface area contributed by atoms with Crippen LogP contribution in [-0.4, -0.2) is 82.0 Å². The van der Waals surface area contributed by atoms with Crippen LogP contribution in [0.4, 0.5) is 29.1 Å². The van der Waals surface area contributed by atoms with Crippen LogP contribution in [0.25, 0.3) is 22.3 Å². The van der Waals surface area contributed by atoms with Gasteiger partial charge in [0.2, 0.25) is 35.4 Å². The van der Waals surface area contributed by atoms with E-state index in [1.165, 1.54) is 12.7 Å². The Kier molecular flexibility index (Phi) is 11.2.